The van der Waals surface area contributed by atoms with Gasteiger partial charge in [0.05, 0.1) is 19.8 Å². The van der Waals surface area contributed by atoms with Crippen LogP contribution in [0.2, 0.25) is 0 Å². The Morgan fingerprint density at radius 2 is 1.59 bits per heavy atom. The fraction of sp³-hybridized carbons (Fsp3) is 0.800. The van der Waals surface area contributed by atoms with Gasteiger partial charge in [0, 0.05) is 57.5 Å². The average molecular weight is 408 g/mol. The molecule has 1 aromatic rings. The van der Waals surface area contributed by atoms with Crippen LogP contribution in [0.3, 0.4) is 0 Å². The summed E-state index contributed by atoms with van der Waals surface area (Å²) in [7, 11) is 0. The summed E-state index contributed by atoms with van der Waals surface area (Å²) in [6, 6.07) is 0. The molecule has 0 radical (unpaired) electrons. The number of aryl methyl sites for hydroxylation is 1. The molecule has 162 valence electrons. The van der Waals surface area contributed by atoms with Crippen molar-refractivity contribution >= 4 is 11.8 Å². The Balaban J connectivity index is 1.35. The van der Waals surface area contributed by atoms with E-state index in [1.165, 1.54) is 0 Å². The van der Waals surface area contributed by atoms with Crippen LogP contribution < -0.4 is 0 Å². The van der Waals surface area contributed by atoms with Crippen molar-refractivity contribution < 1.29 is 18.8 Å². The molecule has 2 saturated heterocycles. The molecule has 2 fully saturated rings. The number of ether oxygens (including phenoxy) is 1. The topological polar surface area (TPSA) is 92.0 Å². The monoisotopic (exact) mass is 407 g/mol. The molecule has 2 amide bonds. The summed E-state index contributed by atoms with van der Waals surface area (Å²) in [4.78, 5) is 35.2. The lowest BCUT2D eigenvalue weighted by molar-refractivity contribution is -0.140. The maximum atomic E-state index is 12.5. The minimum atomic E-state index is -0.142. The number of piperazine rings is 1. The number of hydrogen-bond donors (Lipinski definition) is 0. The summed E-state index contributed by atoms with van der Waals surface area (Å²) >= 11 is 0. The number of carbonyl (C=O) groups is 2. The second kappa shape index (κ2) is 9.67. The molecule has 2 aliphatic heterocycles. The molecule has 0 atom stereocenters. The lowest BCUT2D eigenvalue weighted by Gasteiger charge is -2.36. The van der Waals surface area contributed by atoms with Crippen molar-refractivity contribution in [3.63, 3.8) is 0 Å². The van der Waals surface area contributed by atoms with Gasteiger partial charge in [-0.3, -0.25) is 14.5 Å². The SMILES string of the molecule is CC(C)(C)c1noc(CCCC(=O)N2CCN(C(=O)CN3CCOCC3)CC2)n1. The van der Waals surface area contributed by atoms with Crippen LogP contribution in [-0.2, 0) is 26.2 Å². The van der Waals surface area contributed by atoms with Gasteiger partial charge in [0.15, 0.2) is 5.82 Å². The first-order chi connectivity index (χ1) is 13.8. The lowest BCUT2D eigenvalue weighted by Crippen LogP contribution is -2.53. The quantitative estimate of drug-likeness (QED) is 0.685. The Morgan fingerprint density at radius 1 is 0.966 bits per heavy atom. The number of carbonyl (C=O) groups excluding carboxylic acids is 2. The predicted molar refractivity (Wildman–Crippen MR) is 106 cm³/mol. The standard InChI is InChI=1S/C20H33N5O4/c1-20(2,3)19-21-16(29-22-19)5-4-6-17(26)24-7-9-25(10-8-24)18(27)15-23-11-13-28-14-12-23/h4-15H2,1-3H3. The molecule has 0 N–H and O–H groups in total. The zero-order valence-corrected chi connectivity index (χ0v) is 17.9. The molecule has 9 nitrogen and oxygen atoms in total. The van der Waals surface area contributed by atoms with Crippen molar-refractivity contribution in [2.24, 2.45) is 0 Å². The minimum Gasteiger partial charge on any atom is -0.379 e. The molecule has 0 spiro atoms. The van der Waals surface area contributed by atoms with Crippen molar-refractivity contribution in [1.29, 1.82) is 0 Å². The van der Waals surface area contributed by atoms with Crippen LogP contribution in [0.25, 0.3) is 0 Å². The highest BCUT2D eigenvalue weighted by Crippen LogP contribution is 2.19. The molecule has 3 heterocycles. The molecule has 1 aromatic heterocycles. The molecule has 9 heteroatoms. The fourth-order valence-electron chi connectivity index (χ4n) is 3.47. The van der Waals surface area contributed by atoms with Crippen LogP contribution in [0, 0.1) is 0 Å². The normalized spacial score (nSPS) is 18.9. The first-order valence-corrected chi connectivity index (χ1v) is 10.5. The highest BCUT2D eigenvalue weighted by Gasteiger charge is 2.26. The first kappa shape index (κ1) is 21.7. The molecule has 2 aliphatic rings. The van der Waals surface area contributed by atoms with Crippen molar-refractivity contribution in [2.45, 2.75) is 45.4 Å². The zero-order valence-electron chi connectivity index (χ0n) is 17.9. The van der Waals surface area contributed by atoms with Crippen LogP contribution in [0.15, 0.2) is 4.52 Å². The molecule has 0 saturated carbocycles. The Morgan fingerprint density at radius 3 is 2.17 bits per heavy atom. The van der Waals surface area contributed by atoms with Gasteiger partial charge in [0.1, 0.15) is 0 Å². The van der Waals surface area contributed by atoms with E-state index in [0.29, 0.717) is 76.9 Å². The number of amides is 2. The molecular formula is C20H33N5O4. The summed E-state index contributed by atoms with van der Waals surface area (Å²) in [5.41, 5.74) is -0.142. The lowest BCUT2D eigenvalue weighted by atomic mass is 9.96. The highest BCUT2D eigenvalue weighted by atomic mass is 16.5. The van der Waals surface area contributed by atoms with E-state index < -0.39 is 0 Å². The molecule has 0 bridgehead atoms. The van der Waals surface area contributed by atoms with Crippen molar-refractivity contribution in [1.82, 2.24) is 24.8 Å². The summed E-state index contributed by atoms with van der Waals surface area (Å²) in [6.07, 6.45) is 1.74. The average Bonchev–Trinajstić information content (AvgIpc) is 3.18. The second-order valence-electron chi connectivity index (χ2n) is 8.77. The van der Waals surface area contributed by atoms with Gasteiger partial charge in [0.2, 0.25) is 17.7 Å². The fourth-order valence-corrected chi connectivity index (χ4v) is 3.47. The van der Waals surface area contributed by atoms with E-state index in [1.807, 2.05) is 30.6 Å². The van der Waals surface area contributed by atoms with Crippen LogP contribution in [-0.4, -0.2) is 95.7 Å². The van der Waals surface area contributed by atoms with Gasteiger partial charge in [0.25, 0.3) is 0 Å². The molecular weight excluding hydrogens is 374 g/mol. The Kier molecular flexibility index (Phi) is 7.23. The van der Waals surface area contributed by atoms with E-state index in [4.69, 9.17) is 9.26 Å². The van der Waals surface area contributed by atoms with Gasteiger partial charge in [-0.25, -0.2) is 0 Å². The number of aromatic nitrogens is 2. The largest absolute Gasteiger partial charge is 0.379 e. The van der Waals surface area contributed by atoms with E-state index in [1.54, 1.807) is 0 Å². The van der Waals surface area contributed by atoms with Crippen LogP contribution in [0.5, 0.6) is 0 Å². The molecule has 29 heavy (non-hydrogen) atoms. The third kappa shape index (κ3) is 6.24. The Bertz CT molecular complexity index is 685. The highest BCUT2D eigenvalue weighted by molar-refractivity contribution is 5.79. The van der Waals surface area contributed by atoms with Gasteiger partial charge in [-0.2, -0.15) is 4.98 Å². The molecule has 0 unspecified atom stereocenters. The van der Waals surface area contributed by atoms with Crippen molar-refractivity contribution in [3.8, 4) is 0 Å². The zero-order chi connectivity index (χ0) is 20.9. The summed E-state index contributed by atoms with van der Waals surface area (Å²) in [5.74, 6) is 1.55. The van der Waals surface area contributed by atoms with E-state index in [-0.39, 0.29) is 17.2 Å². The minimum absolute atomic E-state index is 0.126. The van der Waals surface area contributed by atoms with Gasteiger partial charge >= 0.3 is 0 Å². The Labute approximate surface area is 172 Å². The number of hydrogen-bond acceptors (Lipinski definition) is 7. The maximum Gasteiger partial charge on any atom is 0.236 e. The number of morpholine rings is 1. The van der Waals surface area contributed by atoms with Gasteiger partial charge < -0.3 is 19.1 Å². The number of nitrogens with zero attached hydrogens (tertiary/aromatic N) is 5. The molecule has 0 aromatic carbocycles. The van der Waals surface area contributed by atoms with E-state index >= 15 is 0 Å². The number of rotatable bonds is 6. The van der Waals surface area contributed by atoms with Crippen LogP contribution in [0.1, 0.15) is 45.3 Å². The van der Waals surface area contributed by atoms with Crippen LogP contribution in [0.4, 0.5) is 0 Å². The molecule has 3 rings (SSSR count). The smallest absolute Gasteiger partial charge is 0.236 e. The van der Waals surface area contributed by atoms with Crippen molar-refractivity contribution in [3.05, 3.63) is 11.7 Å². The maximum absolute atomic E-state index is 12.5. The molecule has 0 aliphatic carbocycles. The second-order valence-corrected chi connectivity index (χ2v) is 8.77. The van der Waals surface area contributed by atoms with E-state index in [9.17, 15) is 9.59 Å². The summed E-state index contributed by atoms with van der Waals surface area (Å²) in [6.45, 7) is 12.0. The van der Waals surface area contributed by atoms with Crippen LogP contribution >= 0.6 is 0 Å². The van der Waals surface area contributed by atoms with Gasteiger partial charge in [-0.15, -0.1) is 0 Å². The van der Waals surface area contributed by atoms with E-state index in [0.717, 1.165) is 13.1 Å². The first-order valence-electron chi connectivity index (χ1n) is 10.5. The van der Waals surface area contributed by atoms with Gasteiger partial charge in [-0.1, -0.05) is 25.9 Å². The summed E-state index contributed by atoms with van der Waals surface area (Å²) < 4.78 is 10.6. The van der Waals surface area contributed by atoms with Gasteiger partial charge in [-0.05, 0) is 6.42 Å². The van der Waals surface area contributed by atoms with Crippen molar-refractivity contribution in [2.75, 3.05) is 59.0 Å². The summed E-state index contributed by atoms with van der Waals surface area (Å²) in [5, 5.41) is 4.01. The predicted octanol–water partition coefficient (Wildman–Crippen LogP) is 0.693. The third-order valence-corrected chi connectivity index (χ3v) is 5.37. The Hall–Kier alpha value is -2.00. The third-order valence-electron chi connectivity index (χ3n) is 5.37. The van der Waals surface area contributed by atoms with E-state index in [2.05, 4.69) is 15.0 Å².